The molecule has 3 aromatic rings. The van der Waals surface area contributed by atoms with E-state index in [1.54, 1.807) is 11.0 Å². The first-order valence-corrected chi connectivity index (χ1v) is 6.70. The third-order valence-corrected chi connectivity index (χ3v) is 3.17. The number of nitrogen functional groups attached to an aromatic ring is 1. The van der Waals surface area contributed by atoms with Crippen molar-refractivity contribution >= 4 is 5.69 Å². The Hall–Kier alpha value is -2.76. The number of aromatic nitrogens is 4. The molecule has 0 saturated heterocycles. The molecule has 0 bridgehead atoms. The Labute approximate surface area is 122 Å². The van der Waals surface area contributed by atoms with Crippen LogP contribution in [0.3, 0.4) is 0 Å². The lowest BCUT2D eigenvalue weighted by atomic mass is 10.3. The fourth-order valence-corrected chi connectivity index (χ4v) is 2.16. The van der Waals surface area contributed by atoms with Gasteiger partial charge in [0.05, 0.1) is 31.0 Å². The molecule has 0 saturated carbocycles. The molecule has 2 aromatic heterocycles. The smallest absolute Gasteiger partial charge is 0.121 e. The molecule has 0 fully saturated rings. The number of anilines is 1. The normalized spacial score (nSPS) is 10.7. The van der Waals surface area contributed by atoms with Gasteiger partial charge in [0.2, 0.25) is 0 Å². The highest BCUT2D eigenvalue weighted by atomic mass is 16.5. The molecule has 108 valence electrons. The lowest BCUT2D eigenvalue weighted by Gasteiger charge is -2.09. The quantitative estimate of drug-likeness (QED) is 0.726. The molecule has 0 aliphatic heterocycles. The molecule has 6 heteroatoms. The Morgan fingerprint density at radius 1 is 1.29 bits per heavy atom. The molecule has 0 spiro atoms. The summed E-state index contributed by atoms with van der Waals surface area (Å²) in [7, 11) is 1.90. The molecule has 21 heavy (non-hydrogen) atoms. The van der Waals surface area contributed by atoms with E-state index in [4.69, 9.17) is 10.5 Å². The highest BCUT2D eigenvalue weighted by Crippen LogP contribution is 2.18. The van der Waals surface area contributed by atoms with Gasteiger partial charge in [-0.3, -0.25) is 4.68 Å². The lowest BCUT2D eigenvalue weighted by molar-refractivity contribution is 0.299. The maximum atomic E-state index is 5.72. The van der Waals surface area contributed by atoms with Crippen molar-refractivity contribution in [3.63, 3.8) is 0 Å². The van der Waals surface area contributed by atoms with E-state index in [-0.39, 0.29) is 0 Å². The molecule has 0 atom stereocenters. The van der Waals surface area contributed by atoms with Crippen LogP contribution in [-0.4, -0.2) is 25.9 Å². The van der Waals surface area contributed by atoms with Gasteiger partial charge < -0.3 is 15.0 Å². The second-order valence-electron chi connectivity index (χ2n) is 4.80. The highest BCUT2D eigenvalue weighted by molar-refractivity contribution is 5.56. The average molecular weight is 283 g/mol. The predicted molar refractivity (Wildman–Crippen MR) is 80.8 cm³/mol. The number of rotatable bonds is 5. The van der Waals surface area contributed by atoms with Gasteiger partial charge in [-0.1, -0.05) is 6.07 Å². The fourth-order valence-electron chi connectivity index (χ4n) is 2.16. The number of hydrogen-bond donors (Lipinski definition) is 1. The molecule has 2 N–H and O–H groups in total. The third-order valence-electron chi connectivity index (χ3n) is 3.17. The van der Waals surface area contributed by atoms with E-state index in [2.05, 4.69) is 10.1 Å². The molecule has 0 amide bonds. The van der Waals surface area contributed by atoms with Crippen molar-refractivity contribution in [2.75, 3.05) is 12.3 Å². The standard InChI is InChI=1S/C15H17N5O/c1-19-10-12(8-18-19)15-9-17-11-20(15)5-6-21-14-4-2-3-13(16)7-14/h2-4,7-11H,5-6,16H2,1H3. The number of nitrogens with zero attached hydrogens (tertiary/aromatic N) is 4. The topological polar surface area (TPSA) is 70.9 Å². The van der Waals surface area contributed by atoms with E-state index in [9.17, 15) is 0 Å². The zero-order chi connectivity index (χ0) is 14.7. The summed E-state index contributed by atoms with van der Waals surface area (Å²) in [5.74, 6) is 0.776. The van der Waals surface area contributed by atoms with Crippen LogP contribution in [0.25, 0.3) is 11.3 Å². The van der Waals surface area contributed by atoms with E-state index >= 15 is 0 Å². The van der Waals surface area contributed by atoms with Crippen LogP contribution in [0.4, 0.5) is 5.69 Å². The van der Waals surface area contributed by atoms with Crippen LogP contribution in [0, 0.1) is 0 Å². The molecular formula is C15H17N5O. The van der Waals surface area contributed by atoms with Gasteiger partial charge in [-0.2, -0.15) is 5.10 Å². The van der Waals surface area contributed by atoms with Crippen LogP contribution in [0.15, 0.2) is 49.2 Å². The Kier molecular flexibility index (Phi) is 3.59. The molecule has 2 heterocycles. The summed E-state index contributed by atoms with van der Waals surface area (Å²) in [4.78, 5) is 4.20. The number of imidazole rings is 1. The van der Waals surface area contributed by atoms with Crippen LogP contribution in [0.2, 0.25) is 0 Å². The van der Waals surface area contributed by atoms with Gasteiger partial charge >= 0.3 is 0 Å². The summed E-state index contributed by atoms with van der Waals surface area (Å²) < 4.78 is 9.53. The van der Waals surface area contributed by atoms with Crippen molar-refractivity contribution in [2.24, 2.45) is 7.05 Å². The number of benzene rings is 1. The Morgan fingerprint density at radius 2 is 2.19 bits per heavy atom. The van der Waals surface area contributed by atoms with E-state index in [1.165, 1.54) is 0 Å². The number of aryl methyl sites for hydroxylation is 1. The summed E-state index contributed by atoms with van der Waals surface area (Å²) in [6, 6.07) is 7.43. The zero-order valence-electron chi connectivity index (χ0n) is 11.8. The predicted octanol–water partition coefficient (Wildman–Crippen LogP) is 1.94. The van der Waals surface area contributed by atoms with Crippen molar-refractivity contribution in [2.45, 2.75) is 6.54 Å². The largest absolute Gasteiger partial charge is 0.492 e. The molecular weight excluding hydrogens is 266 g/mol. The second kappa shape index (κ2) is 5.70. The number of hydrogen-bond acceptors (Lipinski definition) is 4. The Morgan fingerprint density at radius 3 is 2.95 bits per heavy atom. The maximum absolute atomic E-state index is 5.72. The average Bonchev–Trinajstić information content (AvgIpc) is 3.07. The molecule has 6 nitrogen and oxygen atoms in total. The van der Waals surface area contributed by atoms with Gasteiger partial charge in [0.15, 0.2) is 0 Å². The SMILES string of the molecule is Cn1cc(-c2cncn2CCOc2cccc(N)c2)cn1. The molecule has 3 rings (SSSR count). The van der Waals surface area contributed by atoms with Gasteiger partial charge in [0, 0.05) is 30.6 Å². The second-order valence-corrected chi connectivity index (χ2v) is 4.80. The molecule has 0 unspecified atom stereocenters. The van der Waals surface area contributed by atoms with Crippen LogP contribution >= 0.6 is 0 Å². The van der Waals surface area contributed by atoms with Crippen LogP contribution in [-0.2, 0) is 13.6 Å². The third kappa shape index (κ3) is 3.05. The van der Waals surface area contributed by atoms with Crippen molar-refractivity contribution in [1.82, 2.24) is 19.3 Å². The molecule has 1 aromatic carbocycles. The summed E-state index contributed by atoms with van der Waals surface area (Å²) >= 11 is 0. The minimum Gasteiger partial charge on any atom is -0.492 e. The Bertz CT molecular complexity index is 731. The Balaban J connectivity index is 1.65. The van der Waals surface area contributed by atoms with Crippen molar-refractivity contribution in [1.29, 1.82) is 0 Å². The maximum Gasteiger partial charge on any atom is 0.121 e. The first-order chi connectivity index (χ1) is 10.2. The van der Waals surface area contributed by atoms with Crippen LogP contribution in [0.1, 0.15) is 0 Å². The molecule has 0 aliphatic rings. The zero-order valence-corrected chi connectivity index (χ0v) is 11.8. The lowest BCUT2D eigenvalue weighted by Crippen LogP contribution is -2.08. The highest BCUT2D eigenvalue weighted by Gasteiger charge is 2.07. The monoisotopic (exact) mass is 283 g/mol. The first-order valence-electron chi connectivity index (χ1n) is 6.70. The van der Waals surface area contributed by atoms with Crippen molar-refractivity contribution < 1.29 is 4.74 Å². The van der Waals surface area contributed by atoms with Crippen LogP contribution in [0.5, 0.6) is 5.75 Å². The van der Waals surface area contributed by atoms with Gasteiger partial charge in [0.25, 0.3) is 0 Å². The van der Waals surface area contributed by atoms with Gasteiger partial charge in [0.1, 0.15) is 12.4 Å². The first kappa shape index (κ1) is 13.2. The van der Waals surface area contributed by atoms with Gasteiger partial charge in [-0.05, 0) is 12.1 Å². The molecule has 0 aliphatic carbocycles. The van der Waals surface area contributed by atoms with Gasteiger partial charge in [-0.25, -0.2) is 4.98 Å². The fraction of sp³-hybridized carbons (Fsp3) is 0.200. The van der Waals surface area contributed by atoms with Crippen molar-refractivity contribution in [3.8, 4) is 17.0 Å². The summed E-state index contributed by atoms with van der Waals surface area (Å²) in [5, 5.41) is 4.18. The summed E-state index contributed by atoms with van der Waals surface area (Å²) in [6.07, 6.45) is 7.42. The van der Waals surface area contributed by atoms with E-state index in [0.717, 1.165) is 17.0 Å². The van der Waals surface area contributed by atoms with Crippen LogP contribution < -0.4 is 10.5 Å². The summed E-state index contributed by atoms with van der Waals surface area (Å²) in [6.45, 7) is 1.26. The van der Waals surface area contributed by atoms with Gasteiger partial charge in [-0.15, -0.1) is 0 Å². The van der Waals surface area contributed by atoms with E-state index < -0.39 is 0 Å². The van der Waals surface area contributed by atoms with Crippen molar-refractivity contribution in [3.05, 3.63) is 49.2 Å². The minimum atomic E-state index is 0.549. The van der Waals surface area contributed by atoms with E-state index in [1.807, 2.05) is 54.5 Å². The van der Waals surface area contributed by atoms with E-state index in [0.29, 0.717) is 18.8 Å². The minimum absolute atomic E-state index is 0.549. The molecule has 0 radical (unpaired) electrons. The number of ether oxygens (including phenoxy) is 1. The number of nitrogens with two attached hydrogens (primary N) is 1. The summed E-state index contributed by atoms with van der Waals surface area (Å²) in [5.41, 5.74) is 8.49.